The van der Waals surface area contributed by atoms with Crippen molar-refractivity contribution in [2.24, 2.45) is 4.99 Å². The normalized spacial score (nSPS) is 16.6. The third-order valence-electron chi connectivity index (χ3n) is 9.67. The van der Waals surface area contributed by atoms with Gasteiger partial charge in [0, 0.05) is 40.3 Å². The van der Waals surface area contributed by atoms with Gasteiger partial charge in [0.05, 0.1) is 16.7 Å². The topological polar surface area (TPSA) is 42.6 Å². The Morgan fingerprint density at radius 2 is 1.47 bits per heavy atom. The van der Waals surface area contributed by atoms with Crippen LogP contribution in [0.1, 0.15) is 39.4 Å². The van der Waals surface area contributed by atoms with Crippen LogP contribution in [0.2, 0.25) is 0 Å². The summed E-state index contributed by atoms with van der Waals surface area (Å²) in [6, 6.07) is 43.3. The highest BCUT2D eigenvalue weighted by molar-refractivity contribution is 6.10. The summed E-state index contributed by atoms with van der Waals surface area (Å²) in [5.41, 5.74) is 12.9. The highest BCUT2D eigenvalue weighted by Gasteiger charge is 2.39. The number of hydrogen-bond donors (Lipinski definition) is 0. The maximum Gasteiger partial charge on any atom is 0.217 e. The maximum atomic E-state index is 6.54. The standard InChI is InChI=1S/C42H34N4O/c1-26-21-27(2)41(28(3)22-26)45(31-13-10-12-30(23-31)42-44-40-33-14-5-4-11-29(33)24-38(40)47-42)32-18-19-35-34-15-6-7-16-36(34)46(37(35)25-32)39-17-8-9-20-43-39/h4-23,25,38,40H,24H2,1-3H3/t38-,40+/m0/s1. The molecule has 228 valence electrons. The summed E-state index contributed by atoms with van der Waals surface area (Å²) in [6.07, 6.45) is 2.81. The zero-order valence-corrected chi connectivity index (χ0v) is 26.7. The van der Waals surface area contributed by atoms with Crippen LogP contribution in [0.25, 0.3) is 27.6 Å². The Hall–Kier alpha value is -5.68. The molecule has 5 heteroatoms. The van der Waals surface area contributed by atoms with Crippen molar-refractivity contribution in [1.29, 1.82) is 0 Å². The van der Waals surface area contributed by atoms with E-state index in [4.69, 9.17) is 14.7 Å². The summed E-state index contributed by atoms with van der Waals surface area (Å²) in [6.45, 7) is 6.58. The highest BCUT2D eigenvalue weighted by atomic mass is 16.5. The second-order valence-corrected chi connectivity index (χ2v) is 12.8. The molecule has 0 N–H and O–H groups in total. The summed E-state index contributed by atoms with van der Waals surface area (Å²) in [4.78, 5) is 12.3. The minimum Gasteiger partial charge on any atom is -0.471 e. The number of rotatable bonds is 5. The number of nitrogens with zero attached hydrogens (tertiary/aromatic N) is 4. The van der Waals surface area contributed by atoms with Gasteiger partial charge in [-0.1, -0.05) is 78.4 Å². The molecule has 9 rings (SSSR count). The molecule has 2 aromatic heterocycles. The van der Waals surface area contributed by atoms with E-state index in [0.717, 1.165) is 46.1 Å². The van der Waals surface area contributed by atoms with Gasteiger partial charge in [-0.2, -0.15) is 0 Å². The van der Waals surface area contributed by atoms with Crippen LogP contribution < -0.4 is 4.90 Å². The Bertz CT molecular complexity index is 2350. The van der Waals surface area contributed by atoms with Gasteiger partial charge in [-0.25, -0.2) is 9.98 Å². The van der Waals surface area contributed by atoms with E-state index in [0.29, 0.717) is 0 Å². The van der Waals surface area contributed by atoms with E-state index in [9.17, 15) is 0 Å². The van der Waals surface area contributed by atoms with Crippen LogP contribution in [0.4, 0.5) is 17.1 Å². The summed E-state index contributed by atoms with van der Waals surface area (Å²) in [7, 11) is 0. The van der Waals surface area contributed by atoms with E-state index in [1.807, 2.05) is 18.3 Å². The molecule has 0 amide bonds. The van der Waals surface area contributed by atoms with Crippen molar-refractivity contribution in [2.75, 3.05) is 4.90 Å². The predicted octanol–water partition coefficient (Wildman–Crippen LogP) is 10.0. The Kier molecular flexibility index (Phi) is 6.29. The number of pyridine rings is 1. The molecule has 0 spiro atoms. The second-order valence-electron chi connectivity index (χ2n) is 12.8. The second kappa shape index (κ2) is 10.7. The molecule has 2 aliphatic rings. The van der Waals surface area contributed by atoms with Gasteiger partial charge in [-0.05, 0) is 91.6 Å². The van der Waals surface area contributed by atoms with Crippen molar-refractivity contribution in [3.63, 3.8) is 0 Å². The Morgan fingerprint density at radius 3 is 2.32 bits per heavy atom. The fourth-order valence-electron chi connectivity index (χ4n) is 7.78. The average Bonchev–Trinajstić information content (AvgIpc) is 3.76. The number of aromatic nitrogens is 2. The highest BCUT2D eigenvalue weighted by Crippen LogP contribution is 2.44. The van der Waals surface area contributed by atoms with Crippen LogP contribution >= 0.6 is 0 Å². The lowest BCUT2D eigenvalue weighted by Crippen LogP contribution is -2.15. The van der Waals surface area contributed by atoms with Crippen LogP contribution in [0.3, 0.4) is 0 Å². The van der Waals surface area contributed by atoms with Crippen molar-refractivity contribution >= 4 is 44.8 Å². The number of aliphatic imine (C=N–C) groups is 1. The van der Waals surface area contributed by atoms with Crippen molar-refractivity contribution < 1.29 is 4.74 Å². The fraction of sp³-hybridized carbons (Fsp3) is 0.143. The smallest absolute Gasteiger partial charge is 0.217 e. The number of aryl methyl sites for hydroxylation is 3. The minimum atomic E-state index is 0.0541. The molecule has 0 saturated heterocycles. The van der Waals surface area contributed by atoms with Gasteiger partial charge < -0.3 is 9.64 Å². The first-order chi connectivity index (χ1) is 23.0. The number of ether oxygens (including phenoxy) is 1. The third kappa shape index (κ3) is 4.45. The largest absolute Gasteiger partial charge is 0.471 e. The molecule has 0 unspecified atom stereocenters. The van der Waals surface area contributed by atoms with Gasteiger partial charge >= 0.3 is 0 Å². The Morgan fingerprint density at radius 1 is 0.702 bits per heavy atom. The van der Waals surface area contributed by atoms with Crippen molar-refractivity contribution in [3.8, 4) is 5.82 Å². The van der Waals surface area contributed by atoms with Crippen LogP contribution in [-0.4, -0.2) is 21.6 Å². The molecular formula is C42H34N4O. The number of para-hydroxylation sites is 1. The molecule has 7 aromatic rings. The van der Waals surface area contributed by atoms with E-state index in [1.54, 1.807) is 0 Å². The first-order valence-electron chi connectivity index (χ1n) is 16.3. The maximum absolute atomic E-state index is 6.54. The quantitative estimate of drug-likeness (QED) is 0.195. The van der Waals surface area contributed by atoms with Gasteiger partial charge in [0.15, 0.2) is 0 Å². The molecule has 5 nitrogen and oxygen atoms in total. The molecule has 0 fully saturated rings. The molecule has 0 bridgehead atoms. The van der Waals surface area contributed by atoms with Gasteiger partial charge in [0.25, 0.3) is 0 Å². The summed E-state index contributed by atoms with van der Waals surface area (Å²) in [5.74, 6) is 1.62. The van der Waals surface area contributed by atoms with Crippen LogP contribution in [0.5, 0.6) is 0 Å². The molecule has 3 heterocycles. The first-order valence-corrected chi connectivity index (χ1v) is 16.3. The van der Waals surface area contributed by atoms with Gasteiger partial charge in [0.2, 0.25) is 5.90 Å². The molecule has 0 saturated carbocycles. The van der Waals surface area contributed by atoms with E-state index in [-0.39, 0.29) is 12.1 Å². The molecule has 1 aliphatic heterocycles. The zero-order valence-electron chi connectivity index (χ0n) is 26.7. The lowest BCUT2D eigenvalue weighted by atomic mass is 10.0. The molecule has 0 radical (unpaired) electrons. The number of hydrogen-bond acceptors (Lipinski definition) is 4. The third-order valence-corrected chi connectivity index (χ3v) is 9.67. The van der Waals surface area contributed by atoms with E-state index in [1.165, 1.54) is 44.3 Å². The van der Waals surface area contributed by atoms with E-state index < -0.39 is 0 Å². The number of anilines is 3. The monoisotopic (exact) mass is 610 g/mol. The van der Waals surface area contributed by atoms with Crippen LogP contribution in [0, 0.1) is 20.8 Å². The Balaban J connectivity index is 1.23. The van der Waals surface area contributed by atoms with E-state index in [2.05, 4.69) is 139 Å². The summed E-state index contributed by atoms with van der Waals surface area (Å²) >= 11 is 0. The molecule has 47 heavy (non-hydrogen) atoms. The predicted molar refractivity (Wildman–Crippen MR) is 192 cm³/mol. The lowest BCUT2D eigenvalue weighted by Gasteiger charge is -2.29. The molecule has 2 atom stereocenters. The molecule has 1 aliphatic carbocycles. The number of fused-ring (bicyclic) bond motifs is 6. The SMILES string of the molecule is Cc1cc(C)c(N(c2cccc(C3=N[C@@H]4c5ccccc5C[C@@H]4O3)c2)c2ccc3c4ccccc4n(-c4ccccn4)c3c2)c(C)c1. The summed E-state index contributed by atoms with van der Waals surface area (Å²) < 4.78 is 8.81. The lowest BCUT2D eigenvalue weighted by molar-refractivity contribution is 0.206. The van der Waals surface area contributed by atoms with E-state index >= 15 is 0 Å². The van der Waals surface area contributed by atoms with Crippen molar-refractivity contribution in [3.05, 3.63) is 161 Å². The molecular weight excluding hydrogens is 576 g/mol. The van der Waals surface area contributed by atoms with Gasteiger partial charge in [0.1, 0.15) is 18.0 Å². The van der Waals surface area contributed by atoms with Crippen molar-refractivity contribution in [1.82, 2.24) is 9.55 Å². The van der Waals surface area contributed by atoms with Gasteiger partial charge in [-0.3, -0.25) is 4.57 Å². The average molecular weight is 611 g/mol. The van der Waals surface area contributed by atoms with Crippen LogP contribution in [-0.2, 0) is 11.2 Å². The summed E-state index contributed by atoms with van der Waals surface area (Å²) in [5, 5.41) is 2.40. The minimum absolute atomic E-state index is 0.0541. The zero-order chi connectivity index (χ0) is 31.6. The molecule has 5 aromatic carbocycles. The van der Waals surface area contributed by atoms with Gasteiger partial charge in [-0.15, -0.1) is 0 Å². The first kappa shape index (κ1) is 27.6. The van der Waals surface area contributed by atoms with Crippen LogP contribution in [0.15, 0.2) is 133 Å². The number of benzene rings is 5. The van der Waals surface area contributed by atoms with Crippen molar-refractivity contribution in [2.45, 2.75) is 39.3 Å². The fourth-order valence-corrected chi connectivity index (χ4v) is 7.78. The Labute approximate surface area is 274 Å².